The second-order valence-corrected chi connectivity index (χ2v) is 7.30. The van der Waals surface area contributed by atoms with Crippen LogP contribution in [0.25, 0.3) is 0 Å². The Labute approximate surface area is 132 Å². The maximum atomic E-state index is 3.80. The summed E-state index contributed by atoms with van der Waals surface area (Å²) in [6.45, 7) is 6.67. The molecule has 1 N–H and O–H groups in total. The minimum atomic E-state index is 0.648. The molecule has 2 heteroatoms. The summed E-state index contributed by atoms with van der Waals surface area (Å²) in [6.07, 6.45) is 9.61. The van der Waals surface area contributed by atoms with Gasteiger partial charge in [-0.25, -0.2) is 0 Å². The van der Waals surface area contributed by atoms with E-state index in [0.717, 1.165) is 5.92 Å². The zero-order valence-corrected chi connectivity index (χ0v) is 14.7. The summed E-state index contributed by atoms with van der Waals surface area (Å²) in [4.78, 5) is 0. The molecule has 1 saturated carbocycles. The first-order chi connectivity index (χ1) is 9.60. The van der Waals surface area contributed by atoms with Gasteiger partial charge in [0.1, 0.15) is 0 Å². The summed E-state index contributed by atoms with van der Waals surface area (Å²) in [5.41, 5.74) is 3.98. The molecule has 0 radical (unpaired) electrons. The fourth-order valence-corrected chi connectivity index (χ4v) is 4.31. The van der Waals surface area contributed by atoms with Crippen LogP contribution in [0.1, 0.15) is 63.0 Å². The van der Waals surface area contributed by atoms with Crippen LogP contribution in [0.2, 0.25) is 0 Å². The predicted molar refractivity (Wildman–Crippen MR) is 92.5 cm³/mol. The molecule has 0 heterocycles. The predicted octanol–water partition coefficient (Wildman–Crippen LogP) is 6.23. The van der Waals surface area contributed by atoms with Crippen molar-refractivity contribution in [1.82, 2.24) is 0 Å². The molecule has 0 aliphatic heterocycles. The summed E-state index contributed by atoms with van der Waals surface area (Å²) in [5.74, 6) is 0.967. The van der Waals surface area contributed by atoms with Crippen molar-refractivity contribution in [1.29, 1.82) is 0 Å². The van der Waals surface area contributed by atoms with Crippen LogP contribution >= 0.6 is 15.9 Å². The van der Waals surface area contributed by atoms with Gasteiger partial charge in [-0.1, -0.05) is 38.7 Å². The first-order valence-corrected chi connectivity index (χ1v) is 8.92. The van der Waals surface area contributed by atoms with Crippen molar-refractivity contribution in [3.8, 4) is 0 Å². The third-order valence-corrected chi connectivity index (χ3v) is 5.19. The van der Waals surface area contributed by atoms with Gasteiger partial charge >= 0.3 is 0 Å². The van der Waals surface area contributed by atoms with E-state index >= 15 is 0 Å². The van der Waals surface area contributed by atoms with Crippen molar-refractivity contribution in [2.24, 2.45) is 5.92 Å². The van der Waals surface area contributed by atoms with Gasteiger partial charge in [0.25, 0.3) is 0 Å². The average Bonchev–Trinajstić information content (AvgIpc) is 2.60. The van der Waals surface area contributed by atoms with E-state index in [1.807, 2.05) is 0 Å². The lowest BCUT2D eigenvalue weighted by Crippen LogP contribution is -2.19. The molecule has 0 spiro atoms. The molecule has 2 atom stereocenters. The fourth-order valence-electron chi connectivity index (χ4n) is 3.52. The number of anilines is 1. The first-order valence-electron chi connectivity index (χ1n) is 8.13. The molecule has 1 nitrogen and oxygen atoms in total. The van der Waals surface area contributed by atoms with Crippen LogP contribution in [-0.4, -0.2) is 6.04 Å². The van der Waals surface area contributed by atoms with Gasteiger partial charge in [0.15, 0.2) is 0 Å². The van der Waals surface area contributed by atoms with Gasteiger partial charge in [-0.15, -0.1) is 0 Å². The third kappa shape index (κ3) is 4.25. The Balaban J connectivity index is 2.00. The minimum Gasteiger partial charge on any atom is -0.381 e. The molecule has 112 valence electrons. The lowest BCUT2D eigenvalue weighted by Gasteiger charge is -2.21. The molecule has 0 saturated heterocycles. The second-order valence-electron chi connectivity index (χ2n) is 6.44. The molecular formula is C18H28BrN. The van der Waals surface area contributed by atoms with Crippen LogP contribution in [0.4, 0.5) is 5.69 Å². The number of aryl methyl sites for hydroxylation is 2. The number of rotatable bonds is 4. The topological polar surface area (TPSA) is 12.0 Å². The zero-order chi connectivity index (χ0) is 14.5. The van der Waals surface area contributed by atoms with E-state index in [1.54, 1.807) is 0 Å². The molecule has 2 unspecified atom stereocenters. The standard InChI is InChI=1S/C18H28BrN/c1-4-6-15-7-5-8-16(10-9-15)20-18-14(3)11-13(2)12-17(18)19/h11-12,15-16,20H,4-10H2,1-3H3. The van der Waals surface area contributed by atoms with E-state index in [0.29, 0.717) is 6.04 Å². The van der Waals surface area contributed by atoms with Crippen molar-refractivity contribution in [2.45, 2.75) is 71.8 Å². The molecular weight excluding hydrogens is 310 g/mol. The molecule has 0 aromatic heterocycles. The minimum absolute atomic E-state index is 0.648. The number of nitrogens with one attached hydrogen (secondary N) is 1. The van der Waals surface area contributed by atoms with Crippen LogP contribution in [0.5, 0.6) is 0 Å². The molecule has 1 aromatic rings. The largest absolute Gasteiger partial charge is 0.381 e. The van der Waals surface area contributed by atoms with E-state index in [4.69, 9.17) is 0 Å². The van der Waals surface area contributed by atoms with Crippen LogP contribution in [0.15, 0.2) is 16.6 Å². The third-order valence-electron chi connectivity index (χ3n) is 4.57. The highest BCUT2D eigenvalue weighted by molar-refractivity contribution is 9.10. The molecule has 1 fully saturated rings. The van der Waals surface area contributed by atoms with Gasteiger partial charge in [-0.2, -0.15) is 0 Å². The molecule has 1 aromatic carbocycles. The highest BCUT2D eigenvalue weighted by atomic mass is 79.9. The average molecular weight is 338 g/mol. The molecule has 1 aliphatic carbocycles. The van der Waals surface area contributed by atoms with Crippen molar-refractivity contribution in [2.75, 3.05) is 5.32 Å². The Hall–Kier alpha value is -0.500. The summed E-state index contributed by atoms with van der Waals surface area (Å²) in [6, 6.07) is 5.13. The van der Waals surface area contributed by atoms with E-state index < -0.39 is 0 Å². The van der Waals surface area contributed by atoms with Gasteiger partial charge in [-0.05, 0) is 72.2 Å². The lowest BCUT2D eigenvalue weighted by molar-refractivity contribution is 0.422. The monoisotopic (exact) mass is 337 g/mol. The first kappa shape index (κ1) is 15.9. The van der Waals surface area contributed by atoms with Crippen LogP contribution < -0.4 is 5.32 Å². The SMILES string of the molecule is CCCC1CCCC(Nc2c(C)cc(C)cc2Br)CC1. The molecule has 2 rings (SSSR count). The zero-order valence-electron chi connectivity index (χ0n) is 13.1. The Morgan fingerprint density at radius 2 is 1.95 bits per heavy atom. The van der Waals surface area contributed by atoms with Crippen molar-refractivity contribution < 1.29 is 0 Å². The normalized spacial score (nSPS) is 23.4. The maximum absolute atomic E-state index is 3.80. The van der Waals surface area contributed by atoms with Gasteiger partial charge < -0.3 is 5.32 Å². The molecule has 0 bridgehead atoms. The van der Waals surface area contributed by atoms with Gasteiger partial charge in [0, 0.05) is 10.5 Å². The van der Waals surface area contributed by atoms with Crippen molar-refractivity contribution >= 4 is 21.6 Å². The van der Waals surface area contributed by atoms with Crippen LogP contribution in [0.3, 0.4) is 0 Å². The fraction of sp³-hybridized carbons (Fsp3) is 0.667. The number of halogens is 1. The van der Waals surface area contributed by atoms with Crippen LogP contribution in [0, 0.1) is 19.8 Å². The lowest BCUT2D eigenvalue weighted by atomic mass is 9.95. The smallest absolute Gasteiger partial charge is 0.0516 e. The van der Waals surface area contributed by atoms with Gasteiger partial charge in [0.05, 0.1) is 5.69 Å². The van der Waals surface area contributed by atoms with Crippen LogP contribution in [-0.2, 0) is 0 Å². The highest BCUT2D eigenvalue weighted by Gasteiger charge is 2.19. The van der Waals surface area contributed by atoms with E-state index in [-0.39, 0.29) is 0 Å². The quantitative estimate of drug-likeness (QED) is 0.642. The van der Waals surface area contributed by atoms with E-state index in [1.165, 1.54) is 66.2 Å². The summed E-state index contributed by atoms with van der Waals surface area (Å²) in [7, 11) is 0. The summed E-state index contributed by atoms with van der Waals surface area (Å²) >= 11 is 3.72. The van der Waals surface area contributed by atoms with Crippen molar-refractivity contribution in [3.63, 3.8) is 0 Å². The molecule has 20 heavy (non-hydrogen) atoms. The van der Waals surface area contributed by atoms with E-state index in [2.05, 4.69) is 54.2 Å². The number of hydrogen-bond donors (Lipinski definition) is 1. The van der Waals surface area contributed by atoms with Crippen molar-refractivity contribution in [3.05, 3.63) is 27.7 Å². The Bertz CT molecular complexity index is 418. The summed E-state index contributed by atoms with van der Waals surface area (Å²) < 4.78 is 1.21. The molecule has 1 aliphatic rings. The molecule has 0 amide bonds. The maximum Gasteiger partial charge on any atom is 0.0516 e. The highest BCUT2D eigenvalue weighted by Crippen LogP contribution is 2.32. The Kier molecular flexibility index (Phi) is 5.95. The second kappa shape index (κ2) is 7.49. The Morgan fingerprint density at radius 1 is 1.15 bits per heavy atom. The summed E-state index contributed by atoms with van der Waals surface area (Å²) in [5, 5.41) is 3.80. The number of benzene rings is 1. The van der Waals surface area contributed by atoms with Gasteiger partial charge in [-0.3, -0.25) is 0 Å². The Morgan fingerprint density at radius 3 is 2.65 bits per heavy atom. The van der Waals surface area contributed by atoms with Gasteiger partial charge in [0.2, 0.25) is 0 Å². The number of hydrogen-bond acceptors (Lipinski definition) is 1. The van der Waals surface area contributed by atoms with E-state index in [9.17, 15) is 0 Å².